The van der Waals surface area contributed by atoms with Crippen LogP contribution in [-0.4, -0.2) is 51.4 Å². The molecule has 34 heavy (non-hydrogen) atoms. The molecule has 0 aliphatic rings. The summed E-state index contributed by atoms with van der Waals surface area (Å²) in [7, 11) is -3.66. The van der Waals surface area contributed by atoms with Gasteiger partial charge in [0.25, 0.3) is 0 Å². The largest absolute Gasteiger partial charge is 0.408 e. The molecule has 0 aromatic heterocycles. The highest BCUT2D eigenvalue weighted by molar-refractivity contribution is 7.84. The lowest BCUT2D eigenvalue weighted by Gasteiger charge is -2.43. The Bertz CT molecular complexity index is 846. The molecule has 0 heterocycles. The lowest BCUT2D eigenvalue weighted by Crippen LogP contribution is -2.53. The summed E-state index contributed by atoms with van der Waals surface area (Å²) in [6, 6.07) is 9.67. The number of rotatable bonds is 10. The molecule has 1 rings (SSSR count). The smallest absolute Gasteiger partial charge is 0.192 e. The van der Waals surface area contributed by atoms with Gasteiger partial charge in [-0.05, 0) is 44.5 Å². The van der Waals surface area contributed by atoms with E-state index in [9.17, 15) is 4.21 Å². The molecule has 5 nitrogen and oxygen atoms in total. The third-order valence-corrected chi connectivity index (χ3v) is 12.7. The van der Waals surface area contributed by atoms with Crippen molar-refractivity contribution < 1.29 is 18.1 Å². The molecule has 0 radical (unpaired) electrons. The summed E-state index contributed by atoms with van der Waals surface area (Å²) in [4.78, 5) is 0. The predicted molar refractivity (Wildman–Crippen MR) is 150 cm³/mol. The van der Waals surface area contributed by atoms with Gasteiger partial charge in [-0.3, -0.25) is 0 Å². The van der Waals surface area contributed by atoms with Crippen LogP contribution in [0.1, 0.15) is 53.2 Å². The lowest BCUT2D eigenvalue weighted by molar-refractivity contribution is -0.0726. The van der Waals surface area contributed by atoms with Gasteiger partial charge in [-0.1, -0.05) is 76.7 Å². The zero-order valence-electron chi connectivity index (χ0n) is 23.4. The van der Waals surface area contributed by atoms with Gasteiger partial charge < -0.3 is 13.9 Å². The average Bonchev–Trinajstić information content (AvgIpc) is 2.69. The van der Waals surface area contributed by atoms with Gasteiger partial charge in [0.05, 0.1) is 27.9 Å². The molecule has 0 amide bonds. The Morgan fingerprint density at radius 1 is 1.00 bits per heavy atom. The molecule has 0 spiro atoms. The first kappa shape index (κ1) is 31.2. The Kier molecular flexibility index (Phi) is 11.4. The minimum atomic E-state index is -2.21. The third-order valence-electron chi connectivity index (χ3n) is 5.76. The predicted octanol–water partition coefficient (Wildman–Crippen LogP) is 6.04. The van der Waals surface area contributed by atoms with Gasteiger partial charge in [-0.2, -0.15) is 0 Å². The summed E-state index contributed by atoms with van der Waals surface area (Å²) in [5.74, 6) is 3.37. The maximum Gasteiger partial charge on any atom is 0.192 e. The first-order chi connectivity index (χ1) is 15.4. The molecule has 0 saturated heterocycles. The number of methoxy groups -OCH3 is 1. The minimum Gasteiger partial charge on any atom is -0.408 e. The molecule has 0 fully saturated rings. The van der Waals surface area contributed by atoms with Crippen LogP contribution in [0, 0.1) is 11.5 Å². The van der Waals surface area contributed by atoms with Crippen LogP contribution < -0.4 is 4.72 Å². The number of hydrogen-bond donors (Lipinski definition) is 1. The van der Waals surface area contributed by atoms with E-state index in [2.05, 4.69) is 81.8 Å². The van der Waals surface area contributed by atoms with E-state index >= 15 is 0 Å². The first-order valence-electron chi connectivity index (χ1n) is 11.9. The van der Waals surface area contributed by atoms with Crippen LogP contribution >= 0.6 is 0 Å². The molecule has 0 saturated carbocycles. The molecular formula is C26H47NO4SSi2. The lowest BCUT2D eigenvalue weighted by atomic mass is 9.99. The Morgan fingerprint density at radius 3 is 2.00 bits per heavy atom. The monoisotopic (exact) mass is 525 g/mol. The van der Waals surface area contributed by atoms with Crippen LogP contribution in [0.5, 0.6) is 0 Å². The number of hydrogen-bond acceptors (Lipinski definition) is 4. The van der Waals surface area contributed by atoms with Crippen LogP contribution in [-0.2, 0) is 24.9 Å². The summed E-state index contributed by atoms with van der Waals surface area (Å²) in [6.07, 6.45) is -0.959. The van der Waals surface area contributed by atoms with Crippen LogP contribution in [0.3, 0.4) is 0 Å². The molecule has 4 atom stereocenters. The highest BCUT2D eigenvalue weighted by Crippen LogP contribution is 2.41. The highest BCUT2D eigenvalue weighted by atomic mass is 32.2. The van der Waals surface area contributed by atoms with Crippen LogP contribution in [0.25, 0.3) is 0 Å². The number of nitrogens with one attached hydrogen (secondary N) is 1. The van der Waals surface area contributed by atoms with E-state index in [4.69, 9.17) is 13.9 Å². The SMILES string of the molecule is COCO[C@@H](C#C[Si](C)(C)C)[C@H](NS(=O)C(C)(C)C)[C@H](O[Si](C)(C)C(C)(C)C)c1ccccc1. The van der Waals surface area contributed by atoms with E-state index in [1.807, 2.05) is 39.0 Å². The van der Waals surface area contributed by atoms with Crippen molar-refractivity contribution >= 4 is 27.4 Å². The molecule has 0 aliphatic heterocycles. The van der Waals surface area contributed by atoms with Gasteiger partial charge in [0.15, 0.2) is 8.32 Å². The van der Waals surface area contributed by atoms with E-state index in [1.54, 1.807) is 7.11 Å². The second kappa shape index (κ2) is 12.4. The fourth-order valence-corrected chi connectivity index (χ4v) is 5.43. The Labute approximate surface area is 213 Å². The molecule has 1 aromatic carbocycles. The van der Waals surface area contributed by atoms with Gasteiger partial charge in [-0.25, -0.2) is 8.93 Å². The van der Waals surface area contributed by atoms with E-state index < -0.39 is 50.4 Å². The van der Waals surface area contributed by atoms with Crippen LogP contribution in [0.2, 0.25) is 37.8 Å². The highest BCUT2D eigenvalue weighted by Gasteiger charge is 2.44. The summed E-state index contributed by atoms with van der Waals surface area (Å²) in [5, 5.41) is 0.000639. The van der Waals surface area contributed by atoms with Crippen molar-refractivity contribution in [3.8, 4) is 11.5 Å². The van der Waals surface area contributed by atoms with Crippen molar-refractivity contribution in [1.82, 2.24) is 4.72 Å². The average molecular weight is 526 g/mol. The van der Waals surface area contributed by atoms with Crippen molar-refractivity contribution in [2.45, 2.75) is 102 Å². The molecule has 0 bridgehead atoms. The quantitative estimate of drug-likeness (QED) is 0.230. The topological polar surface area (TPSA) is 56.8 Å². The molecule has 0 aliphatic carbocycles. The molecule has 1 N–H and O–H groups in total. The van der Waals surface area contributed by atoms with Gasteiger partial charge in [0, 0.05) is 7.11 Å². The molecule has 1 aromatic rings. The fraction of sp³-hybridized carbons (Fsp3) is 0.692. The van der Waals surface area contributed by atoms with E-state index in [1.165, 1.54) is 0 Å². The third kappa shape index (κ3) is 10.1. The Balaban J connectivity index is 3.71. The number of ether oxygens (including phenoxy) is 2. The van der Waals surface area contributed by atoms with Gasteiger partial charge in [0.2, 0.25) is 0 Å². The molecule has 194 valence electrons. The van der Waals surface area contributed by atoms with Gasteiger partial charge >= 0.3 is 0 Å². The molecular weight excluding hydrogens is 479 g/mol. The van der Waals surface area contributed by atoms with Crippen LogP contribution in [0.15, 0.2) is 30.3 Å². The van der Waals surface area contributed by atoms with Gasteiger partial charge in [0.1, 0.15) is 21.0 Å². The normalized spacial score (nSPS) is 16.8. The summed E-state index contributed by atoms with van der Waals surface area (Å²) in [5.41, 5.74) is 4.46. The maximum atomic E-state index is 13.4. The van der Waals surface area contributed by atoms with Crippen molar-refractivity contribution in [1.29, 1.82) is 0 Å². The van der Waals surface area contributed by atoms with E-state index in [0.29, 0.717) is 0 Å². The van der Waals surface area contributed by atoms with E-state index in [0.717, 1.165) is 5.56 Å². The summed E-state index contributed by atoms with van der Waals surface area (Å²) in [6.45, 7) is 23.7. The first-order valence-corrected chi connectivity index (χ1v) is 19.5. The zero-order valence-corrected chi connectivity index (χ0v) is 26.2. The van der Waals surface area contributed by atoms with Crippen molar-refractivity contribution in [2.24, 2.45) is 0 Å². The standard InChI is InChI=1S/C26H47NO4SSi2/c1-25(2,3)32(28)27-23(22(30-20-29-7)18-19-33(8,9)10)24(21-16-14-13-15-17-21)31-34(11,12)26(4,5)6/h13-17,22-24,27H,20H2,1-12H3/t22-,23-,24+,32?/m0/s1. The Morgan fingerprint density at radius 2 is 1.56 bits per heavy atom. The van der Waals surface area contributed by atoms with Crippen LogP contribution in [0.4, 0.5) is 0 Å². The summed E-state index contributed by atoms with van der Waals surface area (Å²) < 4.78 is 34.7. The van der Waals surface area contributed by atoms with Gasteiger partial charge in [-0.15, -0.1) is 5.54 Å². The maximum absolute atomic E-state index is 13.4. The molecule has 8 heteroatoms. The molecule has 1 unspecified atom stereocenters. The zero-order chi connectivity index (χ0) is 26.4. The minimum absolute atomic E-state index is 0.000639. The fourth-order valence-electron chi connectivity index (χ4n) is 2.73. The van der Waals surface area contributed by atoms with Crippen molar-refractivity contribution in [3.63, 3.8) is 0 Å². The second-order valence-electron chi connectivity index (χ2n) is 12.2. The second-order valence-corrected chi connectivity index (χ2v) is 23.8. The van der Waals surface area contributed by atoms with Crippen molar-refractivity contribution in [3.05, 3.63) is 35.9 Å². The van der Waals surface area contributed by atoms with Crippen molar-refractivity contribution in [2.75, 3.05) is 13.9 Å². The summed E-state index contributed by atoms with van der Waals surface area (Å²) >= 11 is 0. The Hall–Kier alpha value is -0.796. The van der Waals surface area contributed by atoms with E-state index in [-0.39, 0.29) is 11.8 Å². The number of benzene rings is 1.